The second-order valence-corrected chi connectivity index (χ2v) is 11.7. The van der Waals surface area contributed by atoms with E-state index in [9.17, 15) is 0 Å². The minimum absolute atomic E-state index is 0.539. The SMILES string of the molecule is Cc1ccc(Cl)cc1N1CCN(c2ncnc3[nH]nc(C=C4C[C@H]5CNC(Cc6ccccc6)[C@H]5C4)c23)CC1. The summed E-state index contributed by atoms with van der Waals surface area (Å²) in [4.78, 5) is 14.1. The number of nitrogens with zero attached hydrogens (tertiary/aromatic N) is 5. The van der Waals surface area contributed by atoms with Gasteiger partial charge in [-0.25, -0.2) is 9.97 Å². The van der Waals surface area contributed by atoms with Crippen molar-refractivity contribution in [3.8, 4) is 0 Å². The molecule has 4 heterocycles. The average Bonchev–Trinajstić information content (AvgIpc) is 3.67. The van der Waals surface area contributed by atoms with Crippen LogP contribution < -0.4 is 15.1 Å². The van der Waals surface area contributed by atoms with Crippen LogP contribution in [0.3, 0.4) is 0 Å². The van der Waals surface area contributed by atoms with Gasteiger partial charge in [-0.05, 0) is 73.9 Å². The second kappa shape index (κ2) is 10.3. The predicted molar refractivity (Wildman–Crippen MR) is 158 cm³/mol. The Morgan fingerprint density at radius 3 is 2.67 bits per heavy atom. The van der Waals surface area contributed by atoms with Crippen molar-refractivity contribution >= 4 is 40.2 Å². The summed E-state index contributed by atoms with van der Waals surface area (Å²) in [5.41, 5.74) is 7.16. The number of aryl methyl sites for hydroxylation is 1. The minimum Gasteiger partial charge on any atom is -0.368 e. The Kier molecular flexibility index (Phi) is 6.49. The van der Waals surface area contributed by atoms with E-state index >= 15 is 0 Å². The van der Waals surface area contributed by atoms with Crippen molar-refractivity contribution in [3.05, 3.63) is 82.3 Å². The first kappa shape index (κ1) is 24.6. The van der Waals surface area contributed by atoms with E-state index in [-0.39, 0.29) is 0 Å². The third-order valence-electron chi connectivity index (χ3n) is 8.88. The second-order valence-electron chi connectivity index (χ2n) is 11.3. The molecular weight excluding hydrogens is 506 g/mol. The number of halogens is 1. The smallest absolute Gasteiger partial charge is 0.161 e. The molecule has 0 radical (unpaired) electrons. The van der Waals surface area contributed by atoms with Gasteiger partial charge in [-0.1, -0.05) is 53.6 Å². The lowest BCUT2D eigenvalue weighted by Gasteiger charge is -2.37. The van der Waals surface area contributed by atoms with Gasteiger partial charge >= 0.3 is 0 Å². The lowest BCUT2D eigenvalue weighted by Crippen LogP contribution is -2.47. The number of piperazine rings is 1. The lowest BCUT2D eigenvalue weighted by atomic mass is 9.90. The van der Waals surface area contributed by atoms with Gasteiger partial charge in [-0.15, -0.1) is 0 Å². The first-order valence-corrected chi connectivity index (χ1v) is 14.4. The van der Waals surface area contributed by atoms with Gasteiger partial charge in [0, 0.05) is 42.9 Å². The van der Waals surface area contributed by atoms with Crippen molar-refractivity contribution in [2.24, 2.45) is 11.8 Å². The quantitative estimate of drug-likeness (QED) is 0.360. The van der Waals surface area contributed by atoms with Crippen molar-refractivity contribution in [1.29, 1.82) is 0 Å². The maximum Gasteiger partial charge on any atom is 0.161 e. The van der Waals surface area contributed by atoms with E-state index in [0.29, 0.717) is 17.9 Å². The van der Waals surface area contributed by atoms with Crippen LogP contribution in [0.25, 0.3) is 17.1 Å². The van der Waals surface area contributed by atoms with Crippen LogP contribution in [0.15, 0.2) is 60.4 Å². The minimum atomic E-state index is 0.539. The van der Waals surface area contributed by atoms with Crippen molar-refractivity contribution in [2.45, 2.75) is 32.2 Å². The van der Waals surface area contributed by atoms with Gasteiger partial charge < -0.3 is 15.1 Å². The molecule has 8 heteroatoms. The van der Waals surface area contributed by atoms with Crippen LogP contribution in [0.5, 0.6) is 0 Å². The third kappa shape index (κ3) is 4.79. The molecule has 0 spiro atoms. The Morgan fingerprint density at radius 2 is 1.82 bits per heavy atom. The number of hydrogen-bond acceptors (Lipinski definition) is 6. The molecule has 7 nitrogen and oxygen atoms in total. The normalized spacial score (nSPS) is 24.2. The molecule has 2 saturated heterocycles. The molecule has 2 N–H and O–H groups in total. The number of aromatic nitrogens is 4. The van der Waals surface area contributed by atoms with E-state index in [0.717, 1.165) is 79.6 Å². The molecule has 39 heavy (non-hydrogen) atoms. The Balaban J connectivity index is 1.10. The standard InChI is InChI=1S/C31H34ClN7/c1-20-7-8-24(32)17-28(20)38-9-11-39(12-10-38)31-29-27(36-37-30(29)34-19-35-31)16-22-13-23-18-33-26(25(23)14-22)15-21-5-3-2-4-6-21/h2-8,16-17,19,23,25-26,33H,9-15,18H2,1H3,(H,34,35,36,37)/t23-,25-,26?/m0/s1. The van der Waals surface area contributed by atoms with Crippen LogP contribution in [0, 0.1) is 18.8 Å². The molecule has 200 valence electrons. The van der Waals surface area contributed by atoms with Crippen LogP contribution in [-0.2, 0) is 6.42 Å². The fourth-order valence-corrected chi connectivity index (χ4v) is 7.05. The lowest BCUT2D eigenvalue weighted by molar-refractivity contribution is 0.412. The highest BCUT2D eigenvalue weighted by molar-refractivity contribution is 6.30. The Morgan fingerprint density at radius 1 is 1.00 bits per heavy atom. The molecule has 7 rings (SSSR count). The summed E-state index contributed by atoms with van der Waals surface area (Å²) in [5, 5.41) is 13.5. The van der Waals surface area contributed by atoms with Crippen molar-refractivity contribution in [2.75, 3.05) is 42.5 Å². The van der Waals surface area contributed by atoms with Gasteiger partial charge in [0.2, 0.25) is 0 Å². The number of aromatic amines is 1. The Bertz CT molecular complexity index is 1510. The van der Waals surface area contributed by atoms with E-state index in [4.69, 9.17) is 21.7 Å². The summed E-state index contributed by atoms with van der Waals surface area (Å²) < 4.78 is 0. The molecule has 3 fully saturated rings. The largest absolute Gasteiger partial charge is 0.368 e. The van der Waals surface area contributed by atoms with Gasteiger partial charge in [-0.2, -0.15) is 5.10 Å². The highest BCUT2D eigenvalue weighted by Gasteiger charge is 2.41. The maximum atomic E-state index is 6.30. The Labute approximate surface area is 234 Å². The van der Waals surface area contributed by atoms with E-state index in [1.807, 2.05) is 6.07 Å². The average molecular weight is 540 g/mol. The van der Waals surface area contributed by atoms with E-state index < -0.39 is 0 Å². The summed E-state index contributed by atoms with van der Waals surface area (Å²) in [6.45, 7) is 6.85. The van der Waals surface area contributed by atoms with E-state index in [2.05, 4.69) is 80.7 Å². The summed E-state index contributed by atoms with van der Waals surface area (Å²) in [6, 6.07) is 17.5. The van der Waals surface area contributed by atoms with E-state index in [1.165, 1.54) is 22.4 Å². The molecule has 1 saturated carbocycles. The van der Waals surface area contributed by atoms with Gasteiger partial charge in [0.25, 0.3) is 0 Å². The molecule has 0 amide bonds. The number of rotatable bonds is 5. The van der Waals surface area contributed by atoms with Gasteiger partial charge in [0.15, 0.2) is 5.65 Å². The number of allylic oxidation sites excluding steroid dienone is 1. The highest BCUT2D eigenvalue weighted by Crippen LogP contribution is 2.43. The molecule has 4 aromatic rings. The fraction of sp³-hybridized carbons (Fsp3) is 0.387. The first-order valence-electron chi connectivity index (χ1n) is 14.0. The van der Waals surface area contributed by atoms with Crippen LogP contribution in [0.4, 0.5) is 11.5 Å². The zero-order chi connectivity index (χ0) is 26.3. The van der Waals surface area contributed by atoms with Crippen molar-refractivity contribution in [1.82, 2.24) is 25.5 Å². The number of fused-ring (bicyclic) bond motifs is 2. The van der Waals surface area contributed by atoms with Gasteiger partial charge in [0.1, 0.15) is 12.1 Å². The highest BCUT2D eigenvalue weighted by atomic mass is 35.5. The summed E-state index contributed by atoms with van der Waals surface area (Å²) in [6.07, 6.45) is 7.33. The monoisotopic (exact) mass is 539 g/mol. The summed E-state index contributed by atoms with van der Waals surface area (Å²) >= 11 is 6.30. The molecular formula is C31H34ClN7. The van der Waals surface area contributed by atoms with E-state index in [1.54, 1.807) is 6.33 Å². The van der Waals surface area contributed by atoms with Crippen molar-refractivity contribution < 1.29 is 0 Å². The summed E-state index contributed by atoms with van der Waals surface area (Å²) in [7, 11) is 0. The van der Waals surface area contributed by atoms with Gasteiger partial charge in [0.05, 0.1) is 11.1 Å². The van der Waals surface area contributed by atoms with Crippen LogP contribution >= 0.6 is 11.6 Å². The molecule has 1 unspecified atom stereocenters. The number of H-pyrrole nitrogens is 1. The van der Waals surface area contributed by atoms with Crippen LogP contribution in [0.1, 0.15) is 29.7 Å². The maximum absolute atomic E-state index is 6.30. The molecule has 2 aliphatic heterocycles. The molecule has 0 bridgehead atoms. The van der Waals surface area contributed by atoms with Crippen molar-refractivity contribution in [3.63, 3.8) is 0 Å². The molecule has 3 atom stereocenters. The fourth-order valence-electron chi connectivity index (χ4n) is 6.88. The molecule has 3 aliphatic rings. The molecule has 1 aliphatic carbocycles. The Hall–Kier alpha value is -3.42. The van der Waals surface area contributed by atoms with Crippen LogP contribution in [-0.4, -0.2) is 58.9 Å². The predicted octanol–water partition coefficient (Wildman–Crippen LogP) is 5.27. The number of nitrogens with one attached hydrogen (secondary N) is 2. The molecule has 2 aromatic carbocycles. The zero-order valence-corrected chi connectivity index (χ0v) is 23.0. The molecule has 2 aromatic heterocycles. The van der Waals surface area contributed by atoms with Gasteiger partial charge in [-0.3, -0.25) is 5.10 Å². The van der Waals surface area contributed by atoms with Crippen LogP contribution in [0.2, 0.25) is 5.02 Å². The zero-order valence-electron chi connectivity index (χ0n) is 22.3. The first-order chi connectivity index (χ1) is 19.1. The number of benzene rings is 2. The number of hydrogen-bond donors (Lipinski definition) is 2. The third-order valence-corrected chi connectivity index (χ3v) is 9.12. The summed E-state index contributed by atoms with van der Waals surface area (Å²) in [5.74, 6) is 2.36. The number of anilines is 2. The topological polar surface area (TPSA) is 73.0 Å².